The summed E-state index contributed by atoms with van der Waals surface area (Å²) < 4.78 is 10.7. The van der Waals surface area contributed by atoms with Gasteiger partial charge < -0.3 is 19.4 Å². The van der Waals surface area contributed by atoms with Crippen LogP contribution in [-0.2, 0) is 9.59 Å². The quantitative estimate of drug-likeness (QED) is 0.658. The molecular weight excluding hydrogens is 392 g/mol. The van der Waals surface area contributed by atoms with Crippen LogP contribution >= 0.6 is 11.8 Å². The molecule has 3 rings (SSSR count). The Hall–Kier alpha value is -2.55. The van der Waals surface area contributed by atoms with Crippen LogP contribution in [0.1, 0.15) is 32.1 Å². The van der Waals surface area contributed by atoms with E-state index in [2.05, 4.69) is 15.5 Å². The van der Waals surface area contributed by atoms with Crippen LogP contribution in [0.4, 0.5) is 0 Å². The molecule has 29 heavy (non-hydrogen) atoms. The molecule has 0 bridgehead atoms. The van der Waals surface area contributed by atoms with Crippen molar-refractivity contribution < 1.29 is 18.7 Å². The molecule has 1 aromatic carbocycles. The molecule has 1 saturated heterocycles. The summed E-state index contributed by atoms with van der Waals surface area (Å²) in [5.41, 5.74) is 0.779. The van der Waals surface area contributed by atoms with Crippen molar-refractivity contribution in [1.82, 2.24) is 20.4 Å². The molecule has 1 aromatic heterocycles. The average Bonchev–Trinajstić information content (AvgIpc) is 3.05. The lowest BCUT2D eigenvalue weighted by Gasteiger charge is -2.20. The normalized spacial score (nSPS) is 14.3. The van der Waals surface area contributed by atoms with E-state index in [0.717, 1.165) is 37.2 Å². The van der Waals surface area contributed by atoms with Gasteiger partial charge in [0.15, 0.2) is 0 Å². The van der Waals surface area contributed by atoms with E-state index in [0.29, 0.717) is 24.1 Å². The molecule has 1 aliphatic rings. The van der Waals surface area contributed by atoms with Crippen LogP contribution in [0.5, 0.6) is 5.75 Å². The molecule has 1 N–H and O–H groups in total. The average molecular weight is 419 g/mol. The Balaban J connectivity index is 1.38. The van der Waals surface area contributed by atoms with E-state index in [1.54, 1.807) is 7.11 Å². The third kappa shape index (κ3) is 6.49. The van der Waals surface area contributed by atoms with Crippen LogP contribution in [0, 0.1) is 0 Å². The Morgan fingerprint density at radius 1 is 1.14 bits per heavy atom. The van der Waals surface area contributed by atoms with Crippen molar-refractivity contribution in [2.24, 2.45) is 0 Å². The van der Waals surface area contributed by atoms with Crippen LogP contribution in [0.15, 0.2) is 33.9 Å². The minimum atomic E-state index is -0.164. The van der Waals surface area contributed by atoms with Crippen LogP contribution in [0.3, 0.4) is 0 Å². The van der Waals surface area contributed by atoms with Gasteiger partial charge in [0.2, 0.25) is 17.7 Å². The Morgan fingerprint density at radius 2 is 1.86 bits per heavy atom. The van der Waals surface area contributed by atoms with Crippen molar-refractivity contribution in [2.45, 2.75) is 37.3 Å². The predicted molar refractivity (Wildman–Crippen MR) is 110 cm³/mol. The van der Waals surface area contributed by atoms with Gasteiger partial charge in [-0.15, -0.1) is 10.2 Å². The monoisotopic (exact) mass is 418 g/mol. The third-order valence-electron chi connectivity index (χ3n) is 4.69. The number of carbonyl (C=O) groups is 2. The minimum Gasteiger partial charge on any atom is -0.497 e. The van der Waals surface area contributed by atoms with Crippen molar-refractivity contribution in [3.05, 3.63) is 24.3 Å². The number of benzene rings is 1. The molecular formula is C20H26N4O4S. The van der Waals surface area contributed by atoms with Crippen molar-refractivity contribution in [2.75, 3.05) is 32.5 Å². The number of nitrogens with one attached hydrogen (secondary N) is 1. The fourth-order valence-corrected chi connectivity index (χ4v) is 3.68. The van der Waals surface area contributed by atoms with Gasteiger partial charge in [0.1, 0.15) is 5.75 Å². The van der Waals surface area contributed by atoms with E-state index in [1.807, 2.05) is 29.2 Å². The number of ether oxygens (including phenoxy) is 1. The van der Waals surface area contributed by atoms with Gasteiger partial charge in [-0.1, -0.05) is 24.6 Å². The van der Waals surface area contributed by atoms with Gasteiger partial charge in [0.05, 0.1) is 12.9 Å². The Morgan fingerprint density at radius 3 is 2.55 bits per heavy atom. The Labute approximate surface area is 174 Å². The van der Waals surface area contributed by atoms with Gasteiger partial charge in [0, 0.05) is 31.6 Å². The number of rotatable bonds is 8. The zero-order valence-electron chi connectivity index (χ0n) is 16.6. The summed E-state index contributed by atoms with van der Waals surface area (Å²) in [5, 5.41) is 11.1. The number of methoxy groups -OCH3 is 1. The number of amides is 2. The predicted octanol–water partition coefficient (Wildman–Crippen LogP) is 2.75. The second kappa shape index (κ2) is 10.8. The van der Waals surface area contributed by atoms with Gasteiger partial charge in [-0.3, -0.25) is 9.59 Å². The van der Waals surface area contributed by atoms with E-state index in [9.17, 15) is 9.59 Å². The van der Waals surface area contributed by atoms with Gasteiger partial charge in [0.25, 0.3) is 5.22 Å². The number of carbonyl (C=O) groups excluding carboxylic acids is 2. The molecule has 9 heteroatoms. The van der Waals surface area contributed by atoms with E-state index >= 15 is 0 Å². The van der Waals surface area contributed by atoms with E-state index in [4.69, 9.17) is 9.15 Å². The number of hydrogen-bond donors (Lipinski definition) is 1. The zero-order chi connectivity index (χ0) is 20.5. The van der Waals surface area contributed by atoms with Crippen molar-refractivity contribution >= 4 is 23.6 Å². The SMILES string of the molecule is COc1ccc(-c2nnc(SCC(=O)NCCC(=O)N3CCCCCC3)o2)cc1. The molecule has 0 saturated carbocycles. The largest absolute Gasteiger partial charge is 0.497 e. The number of thioether (sulfide) groups is 1. The van der Waals surface area contributed by atoms with Crippen LogP contribution < -0.4 is 10.1 Å². The second-order valence-corrected chi connectivity index (χ2v) is 7.71. The maximum atomic E-state index is 12.2. The third-order valence-corrected chi connectivity index (χ3v) is 5.51. The van der Waals surface area contributed by atoms with Gasteiger partial charge >= 0.3 is 0 Å². The number of aromatic nitrogens is 2. The van der Waals surface area contributed by atoms with Crippen molar-refractivity contribution in [1.29, 1.82) is 0 Å². The summed E-state index contributed by atoms with van der Waals surface area (Å²) in [4.78, 5) is 26.1. The first-order valence-corrected chi connectivity index (χ1v) is 10.8. The first kappa shape index (κ1) is 21.2. The molecule has 0 aliphatic carbocycles. The summed E-state index contributed by atoms with van der Waals surface area (Å²) in [6.45, 7) is 2.00. The molecule has 8 nitrogen and oxygen atoms in total. The van der Waals surface area contributed by atoms with Gasteiger partial charge in [-0.25, -0.2) is 0 Å². The standard InChI is InChI=1S/C20H26N4O4S/c1-27-16-8-6-15(7-9-16)19-22-23-20(28-19)29-14-17(25)21-11-10-18(26)24-12-4-2-3-5-13-24/h6-9H,2-5,10-14H2,1H3,(H,21,25). The molecule has 0 unspecified atom stereocenters. The topological polar surface area (TPSA) is 97.6 Å². The number of likely N-dealkylation sites (tertiary alicyclic amines) is 1. The molecule has 156 valence electrons. The molecule has 0 spiro atoms. The molecule has 1 aliphatic heterocycles. The fourth-order valence-electron chi connectivity index (χ4n) is 3.08. The number of nitrogens with zero attached hydrogens (tertiary/aromatic N) is 3. The van der Waals surface area contributed by atoms with E-state index in [1.165, 1.54) is 24.6 Å². The smallest absolute Gasteiger partial charge is 0.277 e. The van der Waals surface area contributed by atoms with Crippen LogP contribution in [0.2, 0.25) is 0 Å². The van der Waals surface area contributed by atoms with Crippen LogP contribution in [0.25, 0.3) is 11.5 Å². The Bertz CT molecular complexity index is 801. The van der Waals surface area contributed by atoms with E-state index < -0.39 is 0 Å². The molecule has 0 radical (unpaired) electrons. The first-order valence-electron chi connectivity index (χ1n) is 9.81. The van der Waals surface area contributed by atoms with Gasteiger partial charge in [-0.2, -0.15) is 0 Å². The maximum absolute atomic E-state index is 12.2. The summed E-state index contributed by atoms with van der Waals surface area (Å²) in [6.07, 6.45) is 4.84. The lowest BCUT2D eigenvalue weighted by molar-refractivity contribution is -0.131. The minimum absolute atomic E-state index is 0.112. The first-order chi connectivity index (χ1) is 14.2. The molecule has 2 heterocycles. The highest BCUT2D eigenvalue weighted by atomic mass is 32.2. The molecule has 2 amide bonds. The van der Waals surface area contributed by atoms with Crippen LogP contribution in [-0.4, -0.2) is 59.4 Å². The fraction of sp³-hybridized carbons (Fsp3) is 0.500. The molecule has 1 fully saturated rings. The zero-order valence-corrected chi connectivity index (χ0v) is 17.4. The molecule has 0 atom stereocenters. The van der Waals surface area contributed by atoms with Crippen molar-refractivity contribution in [3.63, 3.8) is 0 Å². The lowest BCUT2D eigenvalue weighted by atomic mass is 10.2. The van der Waals surface area contributed by atoms with Gasteiger partial charge in [-0.05, 0) is 37.1 Å². The highest BCUT2D eigenvalue weighted by molar-refractivity contribution is 7.99. The Kier molecular flexibility index (Phi) is 7.92. The highest BCUT2D eigenvalue weighted by Gasteiger charge is 2.16. The number of hydrogen-bond acceptors (Lipinski definition) is 7. The maximum Gasteiger partial charge on any atom is 0.277 e. The second-order valence-electron chi connectivity index (χ2n) is 6.79. The van der Waals surface area contributed by atoms with Crippen molar-refractivity contribution in [3.8, 4) is 17.2 Å². The molecule has 2 aromatic rings. The highest BCUT2D eigenvalue weighted by Crippen LogP contribution is 2.24. The lowest BCUT2D eigenvalue weighted by Crippen LogP contribution is -2.35. The summed E-state index contributed by atoms with van der Waals surface area (Å²) in [6, 6.07) is 7.28. The summed E-state index contributed by atoms with van der Waals surface area (Å²) >= 11 is 1.17. The summed E-state index contributed by atoms with van der Waals surface area (Å²) in [7, 11) is 1.60. The van der Waals surface area contributed by atoms with E-state index in [-0.39, 0.29) is 17.6 Å². The summed E-state index contributed by atoms with van der Waals surface area (Å²) in [5.74, 6) is 1.23.